The molecule has 2 rings (SSSR count). The van der Waals surface area contributed by atoms with E-state index in [9.17, 15) is 19.5 Å². The van der Waals surface area contributed by atoms with E-state index in [-0.39, 0.29) is 11.5 Å². The van der Waals surface area contributed by atoms with E-state index >= 15 is 0 Å². The zero-order valence-electron chi connectivity index (χ0n) is 22.1. The highest BCUT2D eigenvalue weighted by atomic mass is 16.6. The molecule has 2 aromatic rings. The molecule has 0 aliphatic heterocycles. The van der Waals surface area contributed by atoms with Crippen LogP contribution in [-0.4, -0.2) is 41.3 Å². The molecule has 0 radical (unpaired) electrons. The predicted molar refractivity (Wildman–Crippen MR) is 138 cm³/mol. The molecule has 8 nitrogen and oxygen atoms in total. The molecular formula is C28H37NO7. The second-order valence-corrected chi connectivity index (χ2v) is 10.2. The van der Waals surface area contributed by atoms with Gasteiger partial charge in [0, 0.05) is 5.69 Å². The molecule has 196 valence electrons. The summed E-state index contributed by atoms with van der Waals surface area (Å²) in [6.07, 6.45) is 1.77. The van der Waals surface area contributed by atoms with Crippen molar-refractivity contribution in [1.82, 2.24) is 0 Å². The second-order valence-electron chi connectivity index (χ2n) is 10.2. The molecule has 0 aliphatic rings. The minimum atomic E-state index is -1.05. The summed E-state index contributed by atoms with van der Waals surface area (Å²) in [5.74, 6) is -1.07. The number of hydrogen-bond acceptors (Lipinski definition) is 7. The minimum Gasteiger partial charge on any atom is -0.480 e. The first-order valence-corrected chi connectivity index (χ1v) is 12.1. The average molecular weight is 500 g/mol. The van der Waals surface area contributed by atoms with Crippen molar-refractivity contribution in [3.8, 4) is 11.5 Å². The largest absolute Gasteiger partial charge is 0.480 e. The Balaban J connectivity index is 2.26. The van der Waals surface area contributed by atoms with Crippen LogP contribution in [0, 0.1) is 0 Å². The maximum absolute atomic E-state index is 12.8. The minimum absolute atomic E-state index is 0.156. The number of carbonyl (C=O) groups excluding carboxylic acids is 2. The summed E-state index contributed by atoms with van der Waals surface area (Å²) in [5, 5.41) is 12.1. The van der Waals surface area contributed by atoms with Gasteiger partial charge in [-0.05, 0) is 83.9 Å². The Morgan fingerprint density at radius 2 is 1.58 bits per heavy atom. The van der Waals surface area contributed by atoms with Gasteiger partial charge >= 0.3 is 17.9 Å². The lowest BCUT2D eigenvalue weighted by atomic mass is 9.85. The van der Waals surface area contributed by atoms with Gasteiger partial charge in [0.25, 0.3) is 0 Å². The number of hydrogen-bond donors (Lipinski definition) is 2. The number of carbonyl (C=O) groups is 3. The smallest absolute Gasteiger partial charge is 0.340 e. The van der Waals surface area contributed by atoms with Gasteiger partial charge in [-0.1, -0.05) is 25.5 Å². The van der Waals surface area contributed by atoms with Crippen LogP contribution in [0.2, 0.25) is 0 Å². The molecule has 0 bridgehead atoms. The quantitative estimate of drug-likeness (QED) is 0.289. The van der Waals surface area contributed by atoms with E-state index in [1.54, 1.807) is 57.2 Å². The van der Waals surface area contributed by atoms with E-state index in [1.807, 2.05) is 20.8 Å². The summed E-state index contributed by atoms with van der Waals surface area (Å²) in [6, 6.07) is 10.9. The molecule has 1 atom stereocenters. The molecular weight excluding hydrogens is 462 g/mol. The standard InChI is InChI=1S/C28H37NO7/c1-8-9-16-34-26(33)28(6,7)19-10-12-20(13-11-19)35-21-14-15-23(29-18(2)24(30)31)22(17-21)25(32)36-27(3,4)5/h10-15,17-18,29H,8-9,16H2,1-7H3,(H,30,31). The number of ether oxygens (including phenoxy) is 3. The lowest BCUT2D eigenvalue weighted by Crippen LogP contribution is -2.31. The van der Waals surface area contributed by atoms with Crippen molar-refractivity contribution in [2.75, 3.05) is 11.9 Å². The van der Waals surface area contributed by atoms with E-state index in [1.165, 1.54) is 13.0 Å². The van der Waals surface area contributed by atoms with Crippen molar-refractivity contribution in [1.29, 1.82) is 0 Å². The first-order valence-electron chi connectivity index (χ1n) is 12.1. The Morgan fingerprint density at radius 1 is 0.972 bits per heavy atom. The van der Waals surface area contributed by atoms with E-state index in [4.69, 9.17) is 14.2 Å². The van der Waals surface area contributed by atoms with Crippen molar-refractivity contribution in [2.24, 2.45) is 0 Å². The third kappa shape index (κ3) is 8.00. The van der Waals surface area contributed by atoms with Crippen molar-refractivity contribution < 1.29 is 33.7 Å². The van der Waals surface area contributed by atoms with Crippen LogP contribution >= 0.6 is 0 Å². The fourth-order valence-corrected chi connectivity index (χ4v) is 3.19. The van der Waals surface area contributed by atoms with Crippen LogP contribution in [0.5, 0.6) is 11.5 Å². The fraction of sp³-hybridized carbons (Fsp3) is 0.464. The maximum Gasteiger partial charge on any atom is 0.340 e. The van der Waals surface area contributed by atoms with Gasteiger partial charge in [-0.15, -0.1) is 0 Å². The second kappa shape index (κ2) is 11.9. The summed E-state index contributed by atoms with van der Waals surface area (Å²) in [7, 11) is 0. The Hall–Kier alpha value is -3.55. The lowest BCUT2D eigenvalue weighted by Gasteiger charge is -2.23. The maximum atomic E-state index is 12.8. The summed E-state index contributed by atoms with van der Waals surface area (Å²) >= 11 is 0. The number of nitrogens with one attached hydrogen (secondary N) is 1. The number of unbranched alkanes of at least 4 members (excludes halogenated alkanes) is 1. The molecule has 0 amide bonds. The van der Waals surface area contributed by atoms with Gasteiger partial charge in [0.1, 0.15) is 23.1 Å². The number of aliphatic carboxylic acids is 1. The Morgan fingerprint density at radius 3 is 2.14 bits per heavy atom. The van der Waals surface area contributed by atoms with E-state index in [2.05, 4.69) is 5.32 Å². The van der Waals surface area contributed by atoms with Gasteiger partial charge in [0.05, 0.1) is 17.6 Å². The van der Waals surface area contributed by atoms with Crippen LogP contribution in [0.15, 0.2) is 42.5 Å². The molecule has 0 fully saturated rings. The number of benzene rings is 2. The van der Waals surface area contributed by atoms with Crippen LogP contribution in [0.25, 0.3) is 0 Å². The van der Waals surface area contributed by atoms with Gasteiger partial charge in [-0.25, -0.2) is 4.79 Å². The number of anilines is 1. The third-order valence-corrected chi connectivity index (χ3v) is 5.41. The van der Waals surface area contributed by atoms with Gasteiger partial charge in [0.15, 0.2) is 0 Å². The summed E-state index contributed by atoms with van der Waals surface area (Å²) in [5.41, 5.74) is -0.282. The van der Waals surface area contributed by atoms with E-state index in [0.29, 0.717) is 23.8 Å². The molecule has 36 heavy (non-hydrogen) atoms. The van der Waals surface area contributed by atoms with Crippen molar-refractivity contribution in [2.45, 2.75) is 78.4 Å². The molecule has 0 saturated heterocycles. The molecule has 0 saturated carbocycles. The number of rotatable bonds is 11. The molecule has 0 aliphatic carbocycles. The molecule has 0 aromatic heterocycles. The third-order valence-electron chi connectivity index (χ3n) is 5.41. The van der Waals surface area contributed by atoms with Crippen LogP contribution in [0.4, 0.5) is 5.69 Å². The Bertz CT molecular complexity index is 1070. The van der Waals surface area contributed by atoms with Crippen LogP contribution < -0.4 is 10.1 Å². The molecule has 0 spiro atoms. The van der Waals surface area contributed by atoms with Gasteiger partial charge < -0.3 is 24.6 Å². The van der Waals surface area contributed by atoms with Gasteiger partial charge in [0.2, 0.25) is 0 Å². The van der Waals surface area contributed by atoms with Crippen molar-refractivity contribution in [3.63, 3.8) is 0 Å². The highest BCUT2D eigenvalue weighted by molar-refractivity contribution is 5.97. The molecule has 0 heterocycles. The van der Waals surface area contributed by atoms with Gasteiger partial charge in [-0.3, -0.25) is 9.59 Å². The highest BCUT2D eigenvalue weighted by Gasteiger charge is 2.31. The molecule has 2 aromatic carbocycles. The first-order chi connectivity index (χ1) is 16.7. The van der Waals surface area contributed by atoms with Crippen molar-refractivity contribution in [3.05, 3.63) is 53.6 Å². The lowest BCUT2D eigenvalue weighted by molar-refractivity contribution is -0.149. The average Bonchev–Trinajstić information content (AvgIpc) is 2.79. The molecule has 1 unspecified atom stereocenters. The number of carboxylic acid groups (broad SMARTS) is 1. The normalized spacial score (nSPS) is 12.4. The van der Waals surface area contributed by atoms with Crippen LogP contribution in [0.3, 0.4) is 0 Å². The van der Waals surface area contributed by atoms with Gasteiger partial charge in [-0.2, -0.15) is 0 Å². The molecule has 2 N–H and O–H groups in total. The summed E-state index contributed by atoms with van der Waals surface area (Å²) in [4.78, 5) is 36.7. The zero-order valence-corrected chi connectivity index (χ0v) is 22.1. The zero-order chi connectivity index (χ0) is 27.1. The topological polar surface area (TPSA) is 111 Å². The number of carboxylic acids is 1. The SMILES string of the molecule is CCCCOC(=O)C(C)(C)c1ccc(Oc2ccc(NC(C)C(=O)O)c(C(=O)OC(C)(C)C)c2)cc1. The monoisotopic (exact) mass is 499 g/mol. The summed E-state index contributed by atoms with van der Waals surface area (Å²) in [6.45, 7) is 12.8. The number of esters is 2. The Labute approximate surface area is 212 Å². The van der Waals surface area contributed by atoms with Crippen molar-refractivity contribution >= 4 is 23.6 Å². The highest BCUT2D eigenvalue weighted by Crippen LogP contribution is 2.31. The first kappa shape index (κ1) is 28.7. The Kier molecular flexibility index (Phi) is 9.50. The predicted octanol–water partition coefficient (Wildman–Crippen LogP) is 5.94. The fourth-order valence-electron chi connectivity index (χ4n) is 3.19. The van der Waals surface area contributed by atoms with Crippen LogP contribution in [0.1, 0.15) is 77.2 Å². The molecule has 8 heteroatoms. The van der Waals surface area contributed by atoms with E-state index < -0.39 is 29.0 Å². The van der Waals surface area contributed by atoms with E-state index in [0.717, 1.165) is 18.4 Å². The summed E-state index contributed by atoms with van der Waals surface area (Å²) < 4.78 is 16.8. The van der Waals surface area contributed by atoms with Crippen LogP contribution in [-0.2, 0) is 24.5 Å².